The second kappa shape index (κ2) is 10.7. The number of quaternary nitrogens is 1. The highest BCUT2D eigenvalue weighted by molar-refractivity contribution is 4.50. The van der Waals surface area contributed by atoms with Crippen LogP contribution in [0, 0.1) is 0 Å². The molecule has 0 heterocycles. The Hall–Kier alpha value is -0.160. The Bertz CT molecular complexity index is 180. The maximum Gasteiger partial charge on any atom is 0.184 e. The van der Waals surface area contributed by atoms with Gasteiger partial charge in [0.1, 0.15) is 0 Å². The number of nitrogens with zero attached hydrogens (tertiary/aromatic N) is 1. The lowest BCUT2D eigenvalue weighted by Crippen LogP contribution is -2.45. The van der Waals surface area contributed by atoms with Gasteiger partial charge in [-0.25, -0.2) is 0 Å². The summed E-state index contributed by atoms with van der Waals surface area (Å²) in [6.07, 6.45) is 13.3. The summed E-state index contributed by atoms with van der Waals surface area (Å²) in [5.74, 6) is 0. The minimum Gasteiger partial charge on any atom is -0.146 e. The zero-order valence-electron chi connectivity index (χ0n) is 12.1. The highest BCUT2D eigenvalue weighted by atomic mass is 17.1. The van der Waals surface area contributed by atoms with E-state index in [1.807, 2.05) is 0 Å². The predicted molar refractivity (Wildman–Crippen MR) is 71.5 cm³/mol. The smallest absolute Gasteiger partial charge is 0.146 e. The van der Waals surface area contributed by atoms with Gasteiger partial charge in [-0.3, -0.25) is 0 Å². The van der Waals surface area contributed by atoms with Crippen LogP contribution >= 0.6 is 0 Å². The first-order chi connectivity index (χ1) is 8.48. The molecule has 1 unspecified atom stereocenters. The van der Waals surface area contributed by atoms with Crippen LogP contribution in [0.15, 0.2) is 0 Å². The standard InChI is InChI=1S/C14H32NO3/c1-3-4-5-6-7-8-9-10-11-12-13-14(2)15(16,17)18/h14,16-18H,3-13H2,1-2H3/q+1. The van der Waals surface area contributed by atoms with E-state index in [4.69, 9.17) is 15.6 Å². The summed E-state index contributed by atoms with van der Waals surface area (Å²) in [7, 11) is 0. The van der Waals surface area contributed by atoms with Crippen molar-refractivity contribution in [1.29, 1.82) is 0 Å². The Labute approximate surface area is 112 Å². The van der Waals surface area contributed by atoms with E-state index in [1.165, 1.54) is 51.4 Å². The Balaban J connectivity index is 3.17. The molecule has 0 amide bonds. The molecule has 0 bridgehead atoms. The highest BCUT2D eigenvalue weighted by Crippen LogP contribution is 2.14. The number of hydrogen-bond acceptors (Lipinski definition) is 3. The molecule has 4 nitrogen and oxygen atoms in total. The van der Waals surface area contributed by atoms with Gasteiger partial charge in [-0.2, -0.15) is 0 Å². The number of rotatable bonds is 12. The summed E-state index contributed by atoms with van der Waals surface area (Å²) in [4.78, 5) is -1.89. The SMILES string of the molecule is CCCCCCCCCCCCC(C)[N+](O)(O)O. The largest absolute Gasteiger partial charge is 0.184 e. The van der Waals surface area contributed by atoms with E-state index in [2.05, 4.69) is 6.92 Å². The highest BCUT2D eigenvalue weighted by Gasteiger charge is 2.28. The lowest BCUT2D eigenvalue weighted by molar-refractivity contribution is -1.38. The average Bonchev–Trinajstić information content (AvgIpc) is 2.30. The fourth-order valence-corrected chi connectivity index (χ4v) is 2.10. The van der Waals surface area contributed by atoms with Crippen LogP contribution in [0.4, 0.5) is 0 Å². The van der Waals surface area contributed by atoms with E-state index in [0.717, 1.165) is 12.8 Å². The molecule has 1 atom stereocenters. The van der Waals surface area contributed by atoms with Gasteiger partial charge in [-0.1, -0.05) is 64.7 Å². The molecule has 3 N–H and O–H groups in total. The van der Waals surface area contributed by atoms with Gasteiger partial charge in [0.2, 0.25) is 0 Å². The van der Waals surface area contributed by atoms with Crippen molar-refractivity contribution in [2.45, 2.75) is 90.5 Å². The topological polar surface area (TPSA) is 60.7 Å². The molecule has 4 heteroatoms. The Kier molecular flexibility index (Phi) is 10.6. The van der Waals surface area contributed by atoms with Crippen molar-refractivity contribution < 1.29 is 20.6 Å². The molecule has 0 rings (SSSR count). The number of unbranched alkanes of at least 4 members (excludes halogenated alkanes) is 9. The van der Waals surface area contributed by atoms with Gasteiger partial charge in [0.25, 0.3) is 0 Å². The van der Waals surface area contributed by atoms with Crippen LogP contribution in [0.5, 0.6) is 0 Å². The maximum absolute atomic E-state index is 8.88. The van der Waals surface area contributed by atoms with Gasteiger partial charge in [0, 0.05) is 6.42 Å². The molecular weight excluding hydrogens is 230 g/mol. The quantitative estimate of drug-likeness (QED) is 0.272. The molecule has 0 aromatic carbocycles. The minimum absolute atomic E-state index is 0.529. The predicted octanol–water partition coefficient (Wildman–Crippen LogP) is 4.67. The summed E-state index contributed by atoms with van der Waals surface area (Å²) in [6.45, 7) is 3.87. The maximum atomic E-state index is 8.88. The van der Waals surface area contributed by atoms with E-state index < -0.39 is 11.0 Å². The third-order valence-electron chi connectivity index (χ3n) is 3.57. The molecule has 0 aliphatic rings. The molecule has 18 heavy (non-hydrogen) atoms. The van der Waals surface area contributed by atoms with Crippen LogP contribution in [-0.2, 0) is 0 Å². The van der Waals surface area contributed by atoms with Crippen LogP contribution < -0.4 is 0 Å². The normalized spacial score (nSPS) is 13.8. The molecule has 0 aromatic rings. The van der Waals surface area contributed by atoms with Crippen LogP contribution in [0.25, 0.3) is 0 Å². The van der Waals surface area contributed by atoms with Crippen molar-refractivity contribution in [3.05, 3.63) is 0 Å². The summed E-state index contributed by atoms with van der Waals surface area (Å²) < 4.78 is 0. The molecule has 0 aliphatic carbocycles. The van der Waals surface area contributed by atoms with Gasteiger partial charge in [-0.05, 0) is 13.3 Å². The van der Waals surface area contributed by atoms with Gasteiger partial charge >= 0.3 is 0 Å². The van der Waals surface area contributed by atoms with Crippen LogP contribution in [-0.4, -0.2) is 26.6 Å². The third kappa shape index (κ3) is 11.0. The molecular formula is C14H32NO3+. The van der Waals surface area contributed by atoms with Crippen molar-refractivity contribution in [3.8, 4) is 0 Å². The fourth-order valence-electron chi connectivity index (χ4n) is 2.10. The number of hydroxylamine groups is 3. The first-order valence-corrected chi connectivity index (χ1v) is 7.55. The Morgan fingerprint density at radius 1 is 0.722 bits per heavy atom. The fraction of sp³-hybridized carbons (Fsp3) is 1.00. The molecule has 0 radical (unpaired) electrons. The summed E-state index contributed by atoms with van der Waals surface area (Å²) in [5, 5.41) is 26.6. The van der Waals surface area contributed by atoms with E-state index in [-0.39, 0.29) is 0 Å². The monoisotopic (exact) mass is 262 g/mol. The lowest BCUT2D eigenvalue weighted by Gasteiger charge is -2.18. The van der Waals surface area contributed by atoms with E-state index >= 15 is 0 Å². The van der Waals surface area contributed by atoms with Crippen molar-refractivity contribution in [1.82, 2.24) is 0 Å². The molecule has 0 fully saturated rings. The van der Waals surface area contributed by atoms with Gasteiger partial charge in [0.05, 0.1) is 4.97 Å². The van der Waals surface area contributed by atoms with E-state index in [1.54, 1.807) is 6.92 Å². The molecule has 0 saturated carbocycles. The van der Waals surface area contributed by atoms with Gasteiger partial charge in [0.15, 0.2) is 6.04 Å². The lowest BCUT2D eigenvalue weighted by atomic mass is 10.0. The van der Waals surface area contributed by atoms with E-state index in [9.17, 15) is 0 Å². The second-order valence-electron chi connectivity index (χ2n) is 5.43. The van der Waals surface area contributed by atoms with Crippen LogP contribution in [0.1, 0.15) is 84.5 Å². The molecule has 110 valence electrons. The van der Waals surface area contributed by atoms with Crippen molar-refractivity contribution >= 4 is 0 Å². The van der Waals surface area contributed by atoms with Crippen molar-refractivity contribution in [3.63, 3.8) is 0 Å². The van der Waals surface area contributed by atoms with Gasteiger partial charge < -0.3 is 0 Å². The minimum atomic E-state index is -1.89. The first-order valence-electron chi connectivity index (χ1n) is 7.55. The molecule has 0 aliphatic heterocycles. The third-order valence-corrected chi connectivity index (χ3v) is 3.57. The first kappa shape index (κ1) is 17.8. The summed E-state index contributed by atoms with van der Waals surface area (Å²) in [5.41, 5.74) is 0. The van der Waals surface area contributed by atoms with Crippen molar-refractivity contribution in [2.24, 2.45) is 0 Å². The van der Waals surface area contributed by atoms with Crippen LogP contribution in [0.3, 0.4) is 0 Å². The summed E-state index contributed by atoms with van der Waals surface area (Å²) in [6, 6.07) is -0.529. The molecule has 0 spiro atoms. The second-order valence-corrected chi connectivity index (χ2v) is 5.43. The van der Waals surface area contributed by atoms with Gasteiger partial charge in [-0.15, -0.1) is 15.6 Å². The molecule has 0 saturated heterocycles. The van der Waals surface area contributed by atoms with Crippen molar-refractivity contribution in [2.75, 3.05) is 0 Å². The Morgan fingerprint density at radius 2 is 1.11 bits per heavy atom. The Morgan fingerprint density at radius 3 is 1.50 bits per heavy atom. The molecule has 0 aromatic heterocycles. The zero-order chi connectivity index (χ0) is 13.9. The van der Waals surface area contributed by atoms with Crippen LogP contribution in [0.2, 0.25) is 0 Å². The summed E-state index contributed by atoms with van der Waals surface area (Å²) >= 11 is 0. The average molecular weight is 262 g/mol. The van der Waals surface area contributed by atoms with E-state index in [0.29, 0.717) is 6.42 Å². The number of hydrogen-bond donors (Lipinski definition) is 3. The zero-order valence-corrected chi connectivity index (χ0v) is 12.1.